The third-order valence-corrected chi connectivity index (χ3v) is 1.73. The summed E-state index contributed by atoms with van der Waals surface area (Å²) in [4.78, 5) is 0. The quantitative estimate of drug-likeness (QED) is 0.399. The van der Waals surface area contributed by atoms with E-state index < -0.39 is 0 Å². The van der Waals surface area contributed by atoms with E-state index >= 15 is 0 Å². The van der Waals surface area contributed by atoms with Gasteiger partial charge in [0.15, 0.2) is 0 Å². The van der Waals surface area contributed by atoms with Crippen LogP contribution >= 0.6 is 0 Å². The summed E-state index contributed by atoms with van der Waals surface area (Å²) < 4.78 is 0. The lowest BCUT2D eigenvalue weighted by atomic mass is 10.1. The van der Waals surface area contributed by atoms with Crippen molar-refractivity contribution in [2.24, 2.45) is 5.92 Å². The van der Waals surface area contributed by atoms with Crippen molar-refractivity contribution < 1.29 is 0 Å². The fourth-order valence-corrected chi connectivity index (χ4v) is 0.992. The minimum absolute atomic E-state index is 0.671. The molecule has 0 amide bonds. The molecule has 1 unspecified atom stereocenters. The third-order valence-electron chi connectivity index (χ3n) is 1.73. The van der Waals surface area contributed by atoms with E-state index in [1.807, 2.05) is 6.08 Å². The molecule has 0 aliphatic rings. The predicted octanol–water partition coefficient (Wildman–Crippen LogP) is 3.95. The zero-order valence-corrected chi connectivity index (χ0v) is 7.84. The Hall–Kier alpha value is -0.520. The van der Waals surface area contributed by atoms with Gasteiger partial charge in [-0.3, -0.25) is 0 Å². The summed E-state index contributed by atoms with van der Waals surface area (Å²) >= 11 is 0. The van der Waals surface area contributed by atoms with E-state index in [0.29, 0.717) is 5.92 Å². The average Bonchev–Trinajstić information content (AvgIpc) is 1.99. The van der Waals surface area contributed by atoms with E-state index in [4.69, 9.17) is 0 Å². The van der Waals surface area contributed by atoms with Crippen LogP contribution in [0, 0.1) is 5.92 Å². The molecule has 0 aliphatic heterocycles. The van der Waals surface area contributed by atoms with Gasteiger partial charge in [-0.05, 0) is 18.8 Å². The molecular formula is C11H20. The predicted molar refractivity (Wildman–Crippen MR) is 52.6 cm³/mol. The molecule has 0 N–H and O–H groups in total. The highest BCUT2D eigenvalue weighted by atomic mass is 14.0. The van der Waals surface area contributed by atoms with Gasteiger partial charge < -0.3 is 0 Å². The van der Waals surface area contributed by atoms with Crippen LogP contribution in [0.3, 0.4) is 0 Å². The zero-order valence-electron chi connectivity index (χ0n) is 7.84. The van der Waals surface area contributed by atoms with Gasteiger partial charge in [0.2, 0.25) is 0 Å². The van der Waals surface area contributed by atoms with E-state index in [-0.39, 0.29) is 0 Å². The number of unbranched alkanes of at least 4 members (excludes halogenated alkanes) is 2. The summed E-state index contributed by atoms with van der Waals surface area (Å²) in [7, 11) is 0. The second-order valence-electron chi connectivity index (χ2n) is 3.07. The molecule has 1 atom stereocenters. The molecule has 0 heteroatoms. The van der Waals surface area contributed by atoms with Gasteiger partial charge in [0.25, 0.3) is 0 Å². The molecule has 0 rings (SSSR count). The summed E-state index contributed by atoms with van der Waals surface area (Å²) in [6, 6.07) is 0. The summed E-state index contributed by atoms with van der Waals surface area (Å²) in [5.41, 5.74) is 0. The monoisotopic (exact) mass is 152 g/mol. The number of allylic oxidation sites excluding steroid dienone is 3. The smallest absolute Gasteiger partial charge is 0.0227 e. The standard InChI is InChI=1S/C11H20/c1-4-6-7-8-10-11(3)9-5-2/h5,8,10-11H,2,4,6-7,9H2,1,3H3. The Bertz CT molecular complexity index is 111. The van der Waals surface area contributed by atoms with Gasteiger partial charge in [-0.1, -0.05) is 44.9 Å². The normalized spacial score (nSPS) is 13.6. The summed E-state index contributed by atoms with van der Waals surface area (Å²) in [5, 5.41) is 0. The first-order valence-electron chi connectivity index (χ1n) is 4.58. The molecule has 0 spiro atoms. The minimum Gasteiger partial charge on any atom is -0.103 e. The Labute approximate surface area is 71.0 Å². The number of rotatable bonds is 6. The largest absolute Gasteiger partial charge is 0.103 e. The van der Waals surface area contributed by atoms with Gasteiger partial charge >= 0.3 is 0 Å². The summed E-state index contributed by atoms with van der Waals surface area (Å²) in [6.07, 6.45) is 11.5. The van der Waals surface area contributed by atoms with E-state index in [9.17, 15) is 0 Å². The van der Waals surface area contributed by atoms with Crippen LogP contribution in [-0.2, 0) is 0 Å². The maximum atomic E-state index is 3.71. The van der Waals surface area contributed by atoms with Crippen LogP contribution in [0.2, 0.25) is 0 Å². The van der Waals surface area contributed by atoms with Crippen LogP contribution in [0.25, 0.3) is 0 Å². The lowest BCUT2D eigenvalue weighted by Gasteiger charge is -1.99. The van der Waals surface area contributed by atoms with Crippen molar-refractivity contribution in [1.29, 1.82) is 0 Å². The Balaban J connectivity index is 3.31. The van der Waals surface area contributed by atoms with Crippen molar-refractivity contribution in [2.45, 2.75) is 39.5 Å². The third kappa shape index (κ3) is 7.38. The van der Waals surface area contributed by atoms with Gasteiger partial charge in [0.1, 0.15) is 0 Å². The van der Waals surface area contributed by atoms with Crippen LogP contribution in [0.4, 0.5) is 0 Å². The molecular weight excluding hydrogens is 132 g/mol. The van der Waals surface area contributed by atoms with E-state index in [1.54, 1.807) is 0 Å². The second kappa shape index (κ2) is 7.59. The average molecular weight is 152 g/mol. The Morgan fingerprint density at radius 1 is 1.45 bits per heavy atom. The summed E-state index contributed by atoms with van der Waals surface area (Å²) in [5.74, 6) is 0.671. The molecule has 11 heavy (non-hydrogen) atoms. The van der Waals surface area contributed by atoms with Crippen LogP contribution in [0.1, 0.15) is 39.5 Å². The lowest BCUT2D eigenvalue weighted by molar-refractivity contribution is 0.733. The maximum absolute atomic E-state index is 3.71. The molecule has 0 saturated heterocycles. The first-order chi connectivity index (χ1) is 5.31. The molecule has 0 aromatic heterocycles. The highest BCUT2D eigenvalue weighted by molar-refractivity contribution is 4.89. The Morgan fingerprint density at radius 3 is 2.73 bits per heavy atom. The first-order valence-corrected chi connectivity index (χ1v) is 4.58. The Morgan fingerprint density at radius 2 is 2.18 bits per heavy atom. The van der Waals surface area contributed by atoms with Crippen LogP contribution in [0.5, 0.6) is 0 Å². The molecule has 0 aromatic carbocycles. The molecule has 0 bridgehead atoms. The van der Waals surface area contributed by atoms with Crippen LogP contribution in [-0.4, -0.2) is 0 Å². The zero-order chi connectivity index (χ0) is 8.53. The van der Waals surface area contributed by atoms with E-state index in [2.05, 4.69) is 32.6 Å². The fraction of sp³-hybridized carbons (Fsp3) is 0.636. The fourth-order valence-electron chi connectivity index (χ4n) is 0.992. The molecule has 0 radical (unpaired) electrons. The number of hydrogen-bond acceptors (Lipinski definition) is 0. The van der Waals surface area contributed by atoms with Gasteiger partial charge in [-0.15, -0.1) is 6.58 Å². The molecule has 0 aromatic rings. The number of hydrogen-bond donors (Lipinski definition) is 0. The SMILES string of the molecule is C=CCC(C)C=CCCCC. The molecule has 0 saturated carbocycles. The van der Waals surface area contributed by atoms with E-state index in [1.165, 1.54) is 19.3 Å². The summed E-state index contributed by atoms with van der Waals surface area (Å²) in [6.45, 7) is 8.16. The van der Waals surface area contributed by atoms with Crippen molar-refractivity contribution in [2.75, 3.05) is 0 Å². The van der Waals surface area contributed by atoms with E-state index in [0.717, 1.165) is 6.42 Å². The Kier molecular flexibility index (Phi) is 7.23. The highest BCUT2D eigenvalue weighted by Crippen LogP contribution is 2.05. The molecule has 0 nitrogen and oxygen atoms in total. The molecule has 0 fully saturated rings. The van der Waals surface area contributed by atoms with Gasteiger partial charge in [-0.2, -0.15) is 0 Å². The van der Waals surface area contributed by atoms with Crippen molar-refractivity contribution in [3.63, 3.8) is 0 Å². The topological polar surface area (TPSA) is 0 Å². The highest BCUT2D eigenvalue weighted by Gasteiger charge is 1.90. The lowest BCUT2D eigenvalue weighted by Crippen LogP contribution is -1.84. The van der Waals surface area contributed by atoms with Crippen LogP contribution < -0.4 is 0 Å². The van der Waals surface area contributed by atoms with Crippen molar-refractivity contribution in [3.05, 3.63) is 24.8 Å². The van der Waals surface area contributed by atoms with Crippen LogP contribution in [0.15, 0.2) is 24.8 Å². The van der Waals surface area contributed by atoms with Gasteiger partial charge in [0.05, 0.1) is 0 Å². The molecule has 0 aliphatic carbocycles. The van der Waals surface area contributed by atoms with Crippen molar-refractivity contribution >= 4 is 0 Å². The van der Waals surface area contributed by atoms with Crippen molar-refractivity contribution in [1.82, 2.24) is 0 Å². The first kappa shape index (κ1) is 10.5. The van der Waals surface area contributed by atoms with Gasteiger partial charge in [0, 0.05) is 0 Å². The maximum Gasteiger partial charge on any atom is -0.0227 e. The minimum atomic E-state index is 0.671. The van der Waals surface area contributed by atoms with Crippen molar-refractivity contribution in [3.8, 4) is 0 Å². The second-order valence-corrected chi connectivity index (χ2v) is 3.07. The van der Waals surface area contributed by atoms with Gasteiger partial charge in [-0.25, -0.2) is 0 Å². The molecule has 0 heterocycles. The molecule has 64 valence electrons.